The minimum absolute atomic E-state index is 0.169. The van der Waals surface area contributed by atoms with Gasteiger partial charge in [-0.05, 0) is 58.3 Å². The molecule has 0 aliphatic carbocycles. The summed E-state index contributed by atoms with van der Waals surface area (Å²) in [5.74, 6) is 0. The highest BCUT2D eigenvalue weighted by Gasteiger charge is 2.25. The first-order valence-corrected chi connectivity index (χ1v) is 17.7. The van der Waals surface area contributed by atoms with Crippen molar-refractivity contribution in [2.75, 3.05) is 32.8 Å². The van der Waals surface area contributed by atoms with E-state index in [2.05, 4.69) is 32.4 Å². The van der Waals surface area contributed by atoms with E-state index < -0.39 is 6.16 Å². The number of rotatable bonds is 29. The van der Waals surface area contributed by atoms with Gasteiger partial charge in [-0.3, -0.25) is 0 Å². The van der Waals surface area contributed by atoms with Crippen LogP contribution in [0.2, 0.25) is 0 Å². The molecule has 0 aromatic heterocycles. The molecular formula is C35H73NO3. The minimum atomic E-state index is -1.46. The molecule has 4 heteroatoms. The zero-order chi connectivity index (χ0) is 29.3. The lowest BCUT2D eigenvalue weighted by atomic mass is 10.0. The SMILES string of the molecule is CCCCCCCC[N+](CCCCCCCC)(CCCCCCCC)CCCCCCCC.CCOC(=O)[O-]. The lowest BCUT2D eigenvalue weighted by Crippen LogP contribution is -2.50. The van der Waals surface area contributed by atoms with Crippen LogP contribution in [0.4, 0.5) is 4.79 Å². The summed E-state index contributed by atoms with van der Waals surface area (Å²) < 4.78 is 5.32. The Balaban J connectivity index is 0. The van der Waals surface area contributed by atoms with Gasteiger partial charge >= 0.3 is 0 Å². The van der Waals surface area contributed by atoms with Crippen LogP contribution in [0.5, 0.6) is 0 Å². The van der Waals surface area contributed by atoms with E-state index in [1.807, 2.05) is 0 Å². The van der Waals surface area contributed by atoms with Crippen LogP contribution < -0.4 is 5.11 Å². The van der Waals surface area contributed by atoms with Crippen LogP contribution in [0.3, 0.4) is 0 Å². The third-order valence-electron chi connectivity index (χ3n) is 8.21. The lowest BCUT2D eigenvalue weighted by molar-refractivity contribution is -0.929. The molecule has 4 nitrogen and oxygen atoms in total. The standard InChI is InChI=1S/C32H68N.C3H6O3/c1-5-9-13-17-21-25-29-33(30-26-22-18-14-10-6-2,31-27-23-19-15-11-7-3)32-28-24-20-16-12-8-4;1-2-6-3(4)5/h5-32H2,1-4H3;2H2,1H3,(H,4,5)/q+1;/p-1. The molecule has 0 heterocycles. The van der Waals surface area contributed by atoms with Crippen molar-refractivity contribution < 1.29 is 19.1 Å². The number of carboxylic acid groups (broad SMARTS) is 1. The van der Waals surface area contributed by atoms with E-state index >= 15 is 0 Å². The minimum Gasteiger partial charge on any atom is -0.550 e. The van der Waals surface area contributed by atoms with Gasteiger partial charge in [0.25, 0.3) is 6.16 Å². The summed E-state index contributed by atoms with van der Waals surface area (Å²) in [6.07, 6.45) is 33.3. The molecule has 0 aliphatic rings. The third-order valence-corrected chi connectivity index (χ3v) is 8.21. The van der Waals surface area contributed by atoms with Gasteiger partial charge < -0.3 is 19.1 Å². The van der Waals surface area contributed by atoms with Gasteiger partial charge in [0.15, 0.2) is 0 Å². The third kappa shape index (κ3) is 31.6. The molecule has 0 aromatic rings. The maximum Gasteiger partial charge on any atom is 0.251 e. The van der Waals surface area contributed by atoms with Crippen molar-refractivity contribution in [1.82, 2.24) is 0 Å². The van der Waals surface area contributed by atoms with Crippen LogP contribution in [0, 0.1) is 0 Å². The molecule has 0 bridgehead atoms. The average Bonchev–Trinajstić information content (AvgIpc) is 2.92. The fraction of sp³-hybridized carbons (Fsp3) is 0.971. The van der Waals surface area contributed by atoms with Gasteiger partial charge in [-0.2, -0.15) is 0 Å². The zero-order valence-electron chi connectivity index (χ0n) is 27.7. The number of carbonyl (C=O) groups is 1. The summed E-state index contributed by atoms with van der Waals surface area (Å²) in [5.41, 5.74) is 0. The van der Waals surface area contributed by atoms with Crippen LogP contribution in [0.1, 0.15) is 189 Å². The number of quaternary nitrogens is 1. The first-order chi connectivity index (χ1) is 19.0. The summed E-state index contributed by atoms with van der Waals surface area (Å²) in [7, 11) is 0. The Bertz CT molecular complexity index is 399. The summed E-state index contributed by atoms with van der Waals surface area (Å²) >= 11 is 0. The van der Waals surface area contributed by atoms with Crippen LogP contribution >= 0.6 is 0 Å². The molecule has 0 aromatic carbocycles. The second-order valence-corrected chi connectivity index (χ2v) is 12.0. The van der Waals surface area contributed by atoms with Gasteiger partial charge in [-0.25, -0.2) is 0 Å². The van der Waals surface area contributed by atoms with Crippen molar-refractivity contribution in [3.63, 3.8) is 0 Å². The molecule has 0 rings (SSSR count). The summed E-state index contributed by atoms with van der Waals surface area (Å²) in [4.78, 5) is 9.27. The molecule has 39 heavy (non-hydrogen) atoms. The molecule has 0 unspecified atom stereocenters. The van der Waals surface area contributed by atoms with Crippen molar-refractivity contribution in [2.24, 2.45) is 0 Å². The molecule has 0 fully saturated rings. The molecule has 236 valence electrons. The number of nitrogens with zero attached hydrogens (tertiary/aromatic N) is 1. The predicted octanol–water partition coefficient (Wildman–Crippen LogP) is 10.6. The van der Waals surface area contributed by atoms with Crippen LogP contribution in [0.15, 0.2) is 0 Å². The topological polar surface area (TPSA) is 49.4 Å². The van der Waals surface area contributed by atoms with Crippen LogP contribution in [-0.4, -0.2) is 43.4 Å². The van der Waals surface area contributed by atoms with E-state index in [0.717, 1.165) is 0 Å². The molecule has 0 N–H and O–H groups in total. The van der Waals surface area contributed by atoms with Crippen molar-refractivity contribution in [2.45, 2.75) is 189 Å². The highest BCUT2D eigenvalue weighted by Crippen LogP contribution is 2.20. The Kier molecular flexibility index (Phi) is 34.6. The van der Waals surface area contributed by atoms with Gasteiger partial charge in [0, 0.05) is 6.61 Å². The maximum atomic E-state index is 9.27. The lowest BCUT2D eigenvalue weighted by Gasteiger charge is -2.40. The van der Waals surface area contributed by atoms with Gasteiger partial charge in [0.05, 0.1) is 26.2 Å². The Hall–Kier alpha value is -0.770. The van der Waals surface area contributed by atoms with Gasteiger partial charge in [0.2, 0.25) is 0 Å². The van der Waals surface area contributed by atoms with Gasteiger partial charge in [0.1, 0.15) is 0 Å². The van der Waals surface area contributed by atoms with Crippen LogP contribution in [0.25, 0.3) is 0 Å². The second kappa shape index (κ2) is 33.4. The molecule has 0 amide bonds. The second-order valence-electron chi connectivity index (χ2n) is 12.0. The van der Waals surface area contributed by atoms with Crippen molar-refractivity contribution >= 4 is 6.16 Å². The number of unbranched alkanes of at least 4 members (excludes halogenated alkanes) is 20. The van der Waals surface area contributed by atoms with E-state index in [1.54, 1.807) is 6.92 Å². The molecule has 0 radical (unpaired) electrons. The van der Waals surface area contributed by atoms with Crippen molar-refractivity contribution in [3.8, 4) is 0 Å². The number of carbonyl (C=O) groups excluding carboxylic acids is 1. The largest absolute Gasteiger partial charge is 0.550 e. The highest BCUT2D eigenvalue weighted by molar-refractivity contribution is 5.53. The van der Waals surface area contributed by atoms with E-state index in [0.29, 0.717) is 0 Å². The molecule has 0 saturated heterocycles. The quantitative estimate of drug-likeness (QED) is 0.0524. The zero-order valence-corrected chi connectivity index (χ0v) is 27.7. The van der Waals surface area contributed by atoms with E-state index in [-0.39, 0.29) is 6.61 Å². The Labute approximate surface area is 246 Å². The molecule has 0 atom stereocenters. The number of ether oxygens (including phenoxy) is 1. The summed E-state index contributed by atoms with van der Waals surface area (Å²) in [6.45, 7) is 17.0. The van der Waals surface area contributed by atoms with E-state index in [9.17, 15) is 9.90 Å². The first kappa shape index (κ1) is 40.4. The summed E-state index contributed by atoms with van der Waals surface area (Å²) in [6, 6.07) is 0. The molecular weight excluding hydrogens is 482 g/mol. The van der Waals surface area contributed by atoms with E-state index in [4.69, 9.17) is 0 Å². The van der Waals surface area contributed by atoms with Crippen molar-refractivity contribution in [3.05, 3.63) is 0 Å². The Morgan fingerprint density at radius 1 is 0.436 bits per heavy atom. The predicted molar refractivity (Wildman–Crippen MR) is 170 cm³/mol. The number of hydrogen-bond acceptors (Lipinski definition) is 3. The smallest absolute Gasteiger partial charge is 0.251 e. The summed E-state index contributed by atoms with van der Waals surface area (Å²) in [5, 5.41) is 9.27. The fourth-order valence-corrected chi connectivity index (χ4v) is 5.70. The van der Waals surface area contributed by atoms with Crippen molar-refractivity contribution in [1.29, 1.82) is 0 Å². The van der Waals surface area contributed by atoms with Gasteiger partial charge in [-0.15, -0.1) is 0 Å². The first-order valence-electron chi connectivity index (χ1n) is 17.7. The number of hydrogen-bond donors (Lipinski definition) is 0. The molecule has 0 saturated carbocycles. The average molecular weight is 556 g/mol. The van der Waals surface area contributed by atoms with Crippen LogP contribution in [-0.2, 0) is 4.74 Å². The van der Waals surface area contributed by atoms with E-state index in [1.165, 1.54) is 185 Å². The Morgan fingerprint density at radius 2 is 0.667 bits per heavy atom. The monoisotopic (exact) mass is 556 g/mol. The molecule has 0 spiro atoms. The maximum absolute atomic E-state index is 9.27. The Morgan fingerprint density at radius 3 is 0.846 bits per heavy atom. The highest BCUT2D eigenvalue weighted by atomic mass is 16.7. The molecule has 0 aliphatic heterocycles. The van der Waals surface area contributed by atoms with Gasteiger partial charge in [-0.1, -0.05) is 130 Å². The normalized spacial score (nSPS) is 11.3. The fourth-order valence-electron chi connectivity index (χ4n) is 5.70.